The minimum absolute atomic E-state index is 0.216. The molecule has 1 heterocycles. The molecule has 0 aromatic heterocycles. The second-order valence-corrected chi connectivity index (χ2v) is 4.89. The second-order valence-electron chi connectivity index (χ2n) is 4.89. The lowest BCUT2D eigenvalue weighted by Crippen LogP contribution is -2.43. The van der Waals surface area contributed by atoms with Crippen LogP contribution >= 0.6 is 0 Å². The van der Waals surface area contributed by atoms with Crippen LogP contribution in [0, 0.1) is 11.8 Å². The number of likely N-dealkylation sites (tertiary alicyclic amines) is 1. The van der Waals surface area contributed by atoms with Crippen LogP contribution in [0.25, 0.3) is 0 Å². The van der Waals surface area contributed by atoms with Crippen molar-refractivity contribution in [2.75, 3.05) is 26.7 Å². The zero-order valence-electron chi connectivity index (χ0n) is 9.98. The van der Waals surface area contributed by atoms with Crippen LogP contribution in [-0.2, 0) is 4.79 Å². The van der Waals surface area contributed by atoms with E-state index in [-0.39, 0.29) is 18.6 Å². The fourth-order valence-electron chi connectivity index (χ4n) is 2.89. The molecule has 1 aliphatic carbocycles. The van der Waals surface area contributed by atoms with Gasteiger partial charge in [-0.05, 0) is 18.8 Å². The minimum atomic E-state index is -0.477. The summed E-state index contributed by atoms with van der Waals surface area (Å²) in [6.07, 6.45) is 1.71. The van der Waals surface area contributed by atoms with E-state index < -0.39 is 6.03 Å². The molecular weight excluding hydrogens is 222 g/mol. The number of hydrogen-bond acceptors (Lipinski definition) is 4. The fraction of sp³-hybridized carbons (Fsp3) is 0.818. The minimum Gasteiger partial charge on any atom is -0.393 e. The average molecular weight is 241 g/mol. The van der Waals surface area contributed by atoms with E-state index in [2.05, 4.69) is 10.6 Å². The Labute approximate surface area is 100 Å². The number of aliphatic hydroxyl groups excluding tert-OH is 1. The summed E-state index contributed by atoms with van der Waals surface area (Å²) in [5.41, 5.74) is 0. The van der Waals surface area contributed by atoms with Gasteiger partial charge in [0.2, 0.25) is 5.91 Å². The number of fused-ring (bicyclic) bond motifs is 1. The zero-order chi connectivity index (χ0) is 12.4. The van der Waals surface area contributed by atoms with Gasteiger partial charge in [-0.2, -0.15) is 0 Å². The SMILES string of the molecule is CNC(=O)NC(=O)CN1CC2CCC(O)C2C1. The molecule has 3 N–H and O–H groups in total. The van der Waals surface area contributed by atoms with Crippen molar-refractivity contribution in [3.8, 4) is 0 Å². The maximum atomic E-state index is 11.5. The summed E-state index contributed by atoms with van der Waals surface area (Å²) in [7, 11) is 1.47. The molecule has 3 unspecified atom stereocenters. The topological polar surface area (TPSA) is 81.7 Å². The van der Waals surface area contributed by atoms with E-state index in [1.54, 1.807) is 0 Å². The normalized spacial score (nSPS) is 32.2. The number of rotatable bonds is 2. The molecule has 0 bridgehead atoms. The quantitative estimate of drug-likeness (QED) is 0.588. The zero-order valence-corrected chi connectivity index (χ0v) is 9.98. The number of amides is 3. The smallest absolute Gasteiger partial charge is 0.321 e. The number of imide groups is 1. The predicted molar refractivity (Wildman–Crippen MR) is 61.3 cm³/mol. The van der Waals surface area contributed by atoms with Gasteiger partial charge in [0.1, 0.15) is 0 Å². The molecule has 1 saturated carbocycles. The highest BCUT2D eigenvalue weighted by atomic mass is 16.3. The fourth-order valence-corrected chi connectivity index (χ4v) is 2.89. The molecule has 2 rings (SSSR count). The number of carbonyl (C=O) groups is 2. The average Bonchev–Trinajstić information content (AvgIpc) is 2.81. The molecule has 0 aromatic rings. The van der Waals surface area contributed by atoms with Gasteiger partial charge in [-0.25, -0.2) is 4.79 Å². The Morgan fingerprint density at radius 2 is 2.12 bits per heavy atom. The summed E-state index contributed by atoms with van der Waals surface area (Å²) in [5.74, 6) is 0.527. The van der Waals surface area contributed by atoms with Gasteiger partial charge in [0.05, 0.1) is 12.6 Å². The van der Waals surface area contributed by atoms with E-state index in [4.69, 9.17) is 0 Å². The van der Waals surface area contributed by atoms with Gasteiger partial charge in [0.15, 0.2) is 0 Å². The van der Waals surface area contributed by atoms with Crippen LogP contribution in [0.4, 0.5) is 4.79 Å². The molecule has 17 heavy (non-hydrogen) atoms. The Morgan fingerprint density at radius 1 is 1.35 bits per heavy atom. The predicted octanol–water partition coefficient (Wildman–Crippen LogP) is -0.855. The van der Waals surface area contributed by atoms with E-state index in [1.807, 2.05) is 4.90 Å². The second kappa shape index (κ2) is 5.01. The van der Waals surface area contributed by atoms with Gasteiger partial charge in [0.25, 0.3) is 0 Å². The molecule has 0 aromatic carbocycles. The Bertz CT molecular complexity index is 321. The largest absolute Gasteiger partial charge is 0.393 e. The molecular formula is C11H19N3O3. The first kappa shape index (κ1) is 12.3. The van der Waals surface area contributed by atoms with Crippen LogP contribution in [0.1, 0.15) is 12.8 Å². The number of urea groups is 1. The van der Waals surface area contributed by atoms with Crippen molar-refractivity contribution in [2.24, 2.45) is 11.8 Å². The lowest BCUT2D eigenvalue weighted by molar-refractivity contribution is -0.121. The Kier molecular flexibility index (Phi) is 3.63. The molecule has 3 amide bonds. The molecule has 96 valence electrons. The Balaban J connectivity index is 1.78. The van der Waals surface area contributed by atoms with Gasteiger partial charge in [0, 0.05) is 26.1 Å². The third-order valence-corrected chi connectivity index (χ3v) is 3.74. The van der Waals surface area contributed by atoms with E-state index in [0.29, 0.717) is 11.8 Å². The first-order valence-corrected chi connectivity index (χ1v) is 6.02. The maximum absolute atomic E-state index is 11.5. The van der Waals surface area contributed by atoms with Crippen molar-refractivity contribution < 1.29 is 14.7 Å². The van der Waals surface area contributed by atoms with E-state index in [9.17, 15) is 14.7 Å². The summed E-state index contributed by atoms with van der Waals surface area (Å²) in [4.78, 5) is 24.4. The standard InChI is InChI=1S/C11H19N3O3/c1-12-11(17)13-10(16)6-14-4-7-2-3-9(15)8(7)5-14/h7-9,15H,2-6H2,1H3,(H2,12,13,16,17). The summed E-state index contributed by atoms with van der Waals surface area (Å²) in [6.45, 7) is 1.84. The molecule has 0 spiro atoms. The molecule has 2 fully saturated rings. The summed E-state index contributed by atoms with van der Waals surface area (Å²) in [6, 6.07) is -0.477. The third-order valence-electron chi connectivity index (χ3n) is 3.74. The third kappa shape index (κ3) is 2.76. The molecule has 3 atom stereocenters. The number of nitrogens with zero attached hydrogens (tertiary/aromatic N) is 1. The van der Waals surface area contributed by atoms with E-state index in [0.717, 1.165) is 25.9 Å². The molecule has 1 saturated heterocycles. The number of aliphatic hydroxyl groups is 1. The van der Waals surface area contributed by atoms with Crippen molar-refractivity contribution in [3.05, 3.63) is 0 Å². The molecule has 2 aliphatic rings. The Hall–Kier alpha value is -1.14. The van der Waals surface area contributed by atoms with Crippen molar-refractivity contribution in [1.82, 2.24) is 15.5 Å². The van der Waals surface area contributed by atoms with E-state index in [1.165, 1.54) is 7.05 Å². The monoisotopic (exact) mass is 241 g/mol. The molecule has 0 radical (unpaired) electrons. The molecule has 6 nitrogen and oxygen atoms in total. The van der Waals surface area contributed by atoms with Crippen LogP contribution < -0.4 is 10.6 Å². The first-order valence-electron chi connectivity index (χ1n) is 6.02. The van der Waals surface area contributed by atoms with Crippen molar-refractivity contribution >= 4 is 11.9 Å². The lowest BCUT2D eigenvalue weighted by atomic mass is 10.00. The number of hydrogen-bond donors (Lipinski definition) is 3. The van der Waals surface area contributed by atoms with Gasteiger partial charge in [-0.3, -0.25) is 15.0 Å². The van der Waals surface area contributed by atoms with Gasteiger partial charge < -0.3 is 10.4 Å². The van der Waals surface area contributed by atoms with Crippen LogP contribution in [0.5, 0.6) is 0 Å². The van der Waals surface area contributed by atoms with E-state index >= 15 is 0 Å². The van der Waals surface area contributed by atoms with Crippen LogP contribution in [0.2, 0.25) is 0 Å². The van der Waals surface area contributed by atoms with Gasteiger partial charge in [-0.15, -0.1) is 0 Å². The highest BCUT2D eigenvalue weighted by Crippen LogP contribution is 2.37. The summed E-state index contributed by atoms with van der Waals surface area (Å²) in [5, 5.41) is 14.3. The van der Waals surface area contributed by atoms with Gasteiger partial charge >= 0.3 is 6.03 Å². The van der Waals surface area contributed by atoms with Crippen molar-refractivity contribution in [2.45, 2.75) is 18.9 Å². The highest BCUT2D eigenvalue weighted by molar-refractivity contribution is 5.95. The number of nitrogens with one attached hydrogen (secondary N) is 2. The van der Waals surface area contributed by atoms with Crippen LogP contribution in [-0.4, -0.2) is 54.7 Å². The molecule has 6 heteroatoms. The van der Waals surface area contributed by atoms with Crippen LogP contribution in [0.15, 0.2) is 0 Å². The van der Waals surface area contributed by atoms with Gasteiger partial charge in [-0.1, -0.05) is 0 Å². The highest BCUT2D eigenvalue weighted by Gasteiger charge is 2.42. The maximum Gasteiger partial charge on any atom is 0.321 e. The lowest BCUT2D eigenvalue weighted by Gasteiger charge is -2.17. The van der Waals surface area contributed by atoms with Crippen LogP contribution in [0.3, 0.4) is 0 Å². The Morgan fingerprint density at radius 3 is 2.76 bits per heavy atom. The summed E-state index contributed by atoms with van der Waals surface area (Å²) >= 11 is 0. The summed E-state index contributed by atoms with van der Waals surface area (Å²) < 4.78 is 0. The van der Waals surface area contributed by atoms with Crippen molar-refractivity contribution in [1.29, 1.82) is 0 Å². The van der Waals surface area contributed by atoms with Crippen molar-refractivity contribution in [3.63, 3.8) is 0 Å². The first-order chi connectivity index (χ1) is 8.10. The molecule has 1 aliphatic heterocycles. The number of carbonyl (C=O) groups excluding carboxylic acids is 2.